The molecule has 0 aromatic heterocycles. The molecule has 2 atom stereocenters. The van der Waals surface area contributed by atoms with Crippen LogP contribution >= 0.6 is 0 Å². The Labute approximate surface area is 176 Å². The van der Waals surface area contributed by atoms with Gasteiger partial charge in [0, 0.05) is 12.2 Å². The first-order valence-corrected chi connectivity index (χ1v) is 16.5. The summed E-state index contributed by atoms with van der Waals surface area (Å²) in [6, 6.07) is 6.90. The number of carbonyl (C=O) groups excluding carboxylic acids is 1. The third kappa shape index (κ3) is 8.93. The Morgan fingerprint density at radius 2 is 1.21 bits per heavy atom. The van der Waals surface area contributed by atoms with Gasteiger partial charge >= 0.3 is 5.97 Å². The number of carbonyl (C=O) groups is 1. The van der Waals surface area contributed by atoms with E-state index in [-0.39, 0.29) is 18.2 Å². The average Bonchev–Trinajstić information content (AvgIpc) is 2.74. The van der Waals surface area contributed by atoms with Crippen LogP contribution in [0, 0.1) is 0 Å². The fourth-order valence-corrected chi connectivity index (χ4v) is 9.74. The molecule has 0 aromatic carbocycles. The highest BCUT2D eigenvalue weighted by Crippen LogP contribution is 2.30. The molecule has 0 aliphatic heterocycles. The SMILES string of the molecule is CC[C@H](C[C@@H](C/C=C/C(=O)OC)O[Si](CC)(CC)CC)O[Si](CC)(CC)CC. The first-order valence-electron chi connectivity index (χ1n) is 11.4. The first-order chi connectivity index (χ1) is 13.3. The highest BCUT2D eigenvalue weighted by molar-refractivity contribution is 6.74. The third-order valence-corrected chi connectivity index (χ3v) is 15.9. The van der Waals surface area contributed by atoms with E-state index in [1.165, 1.54) is 31.3 Å². The van der Waals surface area contributed by atoms with Gasteiger partial charge in [0.05, 0.1) is 13.2 Å². The summed E-state index contributed by atoms with van der Waals surface area (Å²) in [5.74, 6) is -0.304. The van der Waals surface area contributed by atoms with Crippen LogP contribution in [0.25, 0.3) is 0 Å². The first kappa shape index (κ1) is 27.6. The second-order valence-electron chi connectivity index (χ2n) is 7.77. The van der Waals surface area contributed by atoms with Crippen molar-refractivity contribution < 1.29 is 18.4 Å². The second kappa shape index (κ2) is 14.5. The summed E-state index contributed by atoms with van der Waals surface area (Å²) in [6.07, 6.45) is 6.43. The molecule has 0 saturated heterocycles. The molecule has 166 valence electrons. The maximum Gasteiger partial charge on any atom is 0.330 e. The summed E-state index contributed by atoms with van der Waals surface area (Å²) in [5, 5.41) is 0. The number of methoxy groups -OCH3 is 1. The smallest absolute Gasteiger partial charge is 0.330 e. The van der Waals surface area contributed by atoms with Crippen LogP contribution in [-0.2, 0) is 18.4 Å². The fraction of sp³-hybridized carbons (Fsp3) is 0.864. The van der Waals surface area contributed by atoms with E-state index >= 15 is 0 Å². The van der Waals surface area contributed by atoms with E-state index in [9.17, 15) is 4.79 Å². The number of hydrogen-bond acceptors (Lipinski definition) is 4. The molecule has 0 aromatic rings. The van der Waals surface area contributed by atoms with Gasteiger partial charge in [0.1, 0.15) is 0 Å². The van der Waals surface area contributed by atoms with Crippen LogP contribution in [0.15, 0.2) is 12.2 Å². The summed E-state index contributed by atoms with van der Waals surface area (Å²) in [5.41, 5.74) is 0. The lowest BCUT2D eigenvalue weighted by molar-refractivity contribution is -0.134. The van der Waals surface area contributed by atoms with Crippen molar-refractivity contribution in [2.24, 2.45) is 0 Å². The molecule has 0 aliphatic carbocycles. The van der Waals surface area contributed by atoms with Crippen molar-refractivity contribution >= 4 is 22.6 Å². The zero-order valence-corrected chi connectivity index (χ0v) is 21.8. The minimum Gasteiger partial charge on any atom is -0.466 e. The van der Waals surface area contributed by atoms with Gasteiger partial charge < -0.3 is 13.6 Å². The fourth-order valence-electron chi connectivity index (χ4n) is 3.87. The van der Waals surface area contributed by atoms with Gasteiger partial charge in [-0.3, -0.25) is 0 Å². The minimum absolute atomic E-state index is 0.106. The summed E-state index contributed by atoms with van der Waals surface area (Å²) < 4.78 is 18.3. The standard InChI is InChI=1S/C22H46O4Si2/c1-9-20(25-27(10-2,11-3)12-4)19-21(17-16-18-22(23)24-8)26-28(13-5,14-6)15-7/h16,18,20-21H,9-15,17,19H2,1-8H3/b18-16+/t20-,21-/m1/s1. The normalized spacial score (nSPS) is 15.0. The lowest BCUT2D eigenvalue weighted by Gasteiger charge is -2.37. The van der Waals surface area contributed by atoms with Gasteiger partial charge in [-0.15, -0.1) is 0 Å². The highest BCUT2D eigenvalue weighted by atomic mass is 28.4. The number of hydrogen-bond donors (Lipinski definition) is 0. The van der Waals surface area contributed by atoms with E-state index in [2.05, 4.69) is 48.5 Å². The Morgan fingerprint density at radius 3 is 1.57 bits per heavy atom. The Balaban J connectivity index is 5.39. The lowest BCUT2D eigenvalue weighted by Crippen LogP contribution is -2.44. The topological polar surface area (TPSA) is 44.8 Å². The Bertz CT molecular complexity index is 429. The minimum atomic E-state index is -1.72. The van der Waals surface area contributed by atoms with Gasteiger partial charge in [-0.05, 0) is 55.5 Å². The molecule has 28 heavy (non-hydrogen) atoms. The van der Waals surface area contributed by atoms with Gasteiger partial charge in [0.2, 0.25) is 0 Å². The molecule has 6 heteroatoms. The molecule has 0 N–H and O–H groups in total. The molecule has 0 amide bonds. The van der Waals surface area contributed by atoms with Crippen LogP contribution in [-0.4, -0.2) is 41.9 Å². The summed E-state index contributed by atoms with van der Waals surface area (Å²) in [7, 11) is -1.95. The molecule has 0 fully saturated rings. The van der Waals surface area contributed by atoms with Crippen molar-refractivity contribution in [3.8, 4) is 0 Å². The zero-order chi connectivity index (χ0) is 21.6. The maximum atomic E-state index is 11.5. The summed E-state index contributed by atoms with van der Waals surface area (Å²) in [6.45, 7) is 15.8. The van der Waals surface area contributed by atoms with Crippen molar-refractivity contribution in [2.45, 2.75) is 116 Å². The predicted molar refractivity (Wildman–Crippen MR) is 125 cm³/mol. The monoisotopic (exact) mass is 430 g/mol. The Hall–Kier alpha value is -0.436. The van der Waals surface area contributed by atoms with Crippen LogP contribution in [0.1, 0.15) is 67.7 Å². The molecule has 0 aliphatic rings. The Morgan fingerprint density at radius 1 is 0.786 bits per heavy atom. The summed E-state index contributed by atoms with van der Waals surface area (Å²) >= 11 is 0. The van der Waals surface area contributed by atoms with E-state index in [0.717, 1.165) is 37.4 Å². The van der Waals surface area contributed by atoms with Crippen LogP contribution in [0.4, 0.5) is 0 Å². The molecule has 0 spiro atoms. The van der Waals surface area contributed by atoms with Crippen LogP contribution in [0.2, 0.25) is 36.3 Å². The number of rotatable bonds is 16. The number of esters is 1. The van der Waals surface area contributed by atoms with Gasteiger partial charge in [-0.2, -0.15) is 0 Å². The zero-order valence-electron chi connectivity index (χ0n) is 19.8. The average molecular weight is 431 g/mol. The lowest BCUT2D eigenvalue weighted by atomic mass is 10.1. The predicted octanol–water partition coefficient (Wildman–Crippen LogP) is 6.69. The molecule has 0 unspecified atom stereocenters. The number of ether oxygens (including phenoxy) is 1. The van der Waals surface area contributed by atoms with Crippen molar-refractivity contribution in [1.82, 2.24) is 0 Å². The maximum absolute atomic E-state index is 11.5. The summed E-state index contributed by atoms with van der Waals surface area (Å²) in [4.78, 5) is 11.5. The second-order valence-corrected chi connectivity index (χ2v) is 17.2. The van der Waals surface area contributed by atoms with Crippen molar-refractivity contribution in [3.63, 3.8) is 0 Å². The van der Waals surface area contributed by atoms with Gasteiger partial charge in [0.25, 0.3) is 0 Å². The van der Waals surface area contributed by atoms with Gasteiger partial charge in [0.15, 0.2) is 16.6 Å². The van der Waals surface area contributed by atoms with Gasteiger partial charge in [-0.1, -0.05) is 54.5 Å². The van der Waals surface area contributed by atoms with E-state index in [1.54, 1.807) is 0 Å². The van der Waals surface area contributed by atoms with Crippen molar-refractivity contribution in [1.29, 1.82) is 0 Å². The molecule has 0 bridgehead atoms. The van der Waals surface area contributed by atoms with E-state index < -0.39 is 16.6 Å². The quantitative estimate of drug-likeness (QED) is 0.155. The molecule has 0 rings (SSSR count). The van der Waals surface area contributed by atoms with Crippen LogP contribution in [0.3, 0.4) is 0 Å². The third-order valence-electron chi connectivity index (χ3n) is 6.53. The molecule has 0 heterocycles. The van der Waals surface area contributed by atoms with E-state index in [0.29, 0.717) is 0 Å². The molecule has 4 nitrogen and oxygen atoms in total. The van der Waals surface area contributed by atoms with Crippen molar-refractivity contribution in [2.75, 3.05) is 7.11 Å². The molecular formula is C22H46O4Si2. The van der Waals surface area contributed by atoms with Crippen molar-refractivity contribution in [3.05, 3.63) is 12.2 Å². The molecular weight excluding hydrogens is 384 g/mol. The van der Waals surface area contributed by atoms with Crippen LogP contribution in [0.5, 0.6) is 0 Å². The highest BCUT2D eigenvalue weighted by Gasteiger charge is 2.35. The molecule has 0 saturated carbocycles. The Kier molecular flexibility index (Phi) is 14.3. The van der Waals surface area contributed by atoms with E-state index in [1.807, 2.05) is 6.08 Å². The molecule has 0 radical (unpaired) electrons. The van der Waals surface area contributed by atoms with E-state index in [4.69, 9.17) is 13.6 Å². The van der Waals surface area contributed by atoms with Gasteiger partial charge in [-0.25, -0.2) is 4.79 Å². The largest absolute Gasteiger partial charge is 0.466 e. The van der Waals surface area contributed by atoms with Crippen LogP contribution < -0.4 is 0 Å².